The molecule has 0 bridgehead atoms. The predicted octanol–water partition coefficient (Wildman–Crippen LogP) is 2.53. The molecule has 2 rings (SSSR count). The maximum atomic E-state index is 12.4. The number of carbonyl (C=O) groups excluding carboxylic acids is 1. The first kappa shape index (κ1) is 14.4. The van der Waals surface area contributed by atoms with Crippen LogP contribution < -0.4 is 0 Å². The van der Waals surface area contributed by atoms with Crippen molar-refractivity contribution in [3.63, 3.8) is 0 Å². The molecule has 108 valence electrons. The van der Waals surface area contributed by atoms with Crippen LogP contribution in [0.3, 0.4) is 0 Å². The number of rotatable bonds is 2. The lowest BCUT2D eigenvalue weighted by Crippen LogP contribution is -2.44. The van der Waals surface area contributed by atoms with Gasteiger partial charge >= 0.3 is 5.97 Å². The van der Waals surface area contributed by atoms with Gasteiger partial charge in [-0.15, -0.1) is 0 Å². The molecular formula is C15H25NO3. The van der Waals surface area contributed by atoms with E-state index in [1.165, 1.54) is 0 Å². The molecule has 0 aromatic heterocycles. The summed E-state index contributed by atoms with van der Waals surface area (Å²) in [6.07, 6.45) is 4.95. The Balaban J connectivity index is 1.83. The van der Waals surface area contributed by atoms with E-state index in [1.807, 2.05) is 4.90 Å². The molecule has 0 atom stereocenters. The smallest absolute Gasteiger partial charge is 0.306 e. The second kappa shape index (κ2) is 5.51. The monoisotopic (exact) mass is 267 g/mol. The van der Waals surface area contributed by atoms with E-state index in [2.05, 4.69) is 13.8 Å². The van der Waals surface area contributed by atoms with Gasteiger partial charge in [0.25, 0.3) is 0 Å². The molecule has 1 amide bonds. The minimum absolute atomic E-state index is 0.0665. The zero-order chi connectivity index (χ0) is 14.0. The van der Waals surface area contributed by atoms with Crippen LogP contribution in [0.1, 0.15) is 52.4 Å². The summed E-state index contributed by atoms with van der Waals surface area (Å²) >= 11 is 0. The lowest BCUT2D eigenvalue weighted by atomic mass is 9.79. The summed E-state index contributed by atoms with van der Waals surface area (Å²) in [5.41, 5.74) is 0.359. The zero-order valence-electron chi connectivity index (χ0n) is 12.0. The Hall–Kier alpha value is -1.06. The third-order valence-corrected chi connectivity index (χ3v) is 4.85. The van der Waals surface area contributed by atoms with Gasteiger partial charge in [-0.25, -0.2) is 0 Å². The molecule has 1 aliphatic heterocycles. The van der Waals surface area contributed by atoms with Crippen LogP contribution in [0.15, 0.2) is 0 Å². The molecule has 0 radical (unpaired) electrons. The molecule has 1 saturated carbocycles. The predicted molar refractivity (Wildman–Crippen MR) is 72.7 cm³/mol. The van der Waals surface area contributed by atoms with Crippen molar-refractivity contribution in [2.75, 3.05) is 13.1 Å². The number of carbonyl (C=O) groups is 2. The number of aliphatic carboxylic acids is 1. The molecule has 1 saturated heterocycles. The lowest BCUT2D eigenvalue weighted by molar-refractivity contribution is -0.146. The number of hydrogen-bond donors (Lipinski definition) is 1. The number of carboxylic acids is 1. The highest BCUT2D eigenvalue weighted by molar-refractivity contribution is 5.79. The number of likely N-dealkylation sites (tertiary alicyclic amines) is 1. The summed E-state index contributed by atoms with van der Waals surface area (Å²) in [7, 11) is 0. The van der Waals surface area contributed by atoms with Crippen molar-refractivity contribution in [3.05, 3.63) is 0 Å². The molecule has 4 nitrogen and oxygen atoms in total. The van der Waals surface area contributed by atoms with E-state index in [1.54, 1.807) is 0 Å². The first-order valence-electron chi connectivity index (χ1n) is 7.41. The van der Waals surface area contributed by atoms with Crippen molar-refractivity contribution in [3.8, 4) is 0 Å². The fourth-order valence-corrected chi connectivity index (χ4v) is 3.18. The van der Waals surface area contributed by atoms with Crippen LogP contribution in [0.5, 0.6) is 0 Å². The molecule has 19 heavy (non-hydrogen) atoms. The summed E-state index contributed by atoms with van der Waals surface area (Å²) in [5, 5.41) is 8.97. The Morgan fingerprint density at radius 1 is 1.00 bits per heavy atom. The first-order chi connectivity index (χ1) is 8.89. The van der Waals surface area contributed by atoms with Gasteiger partial charge in [-0.1, -0.05) is 13.8 Å². The topological polar surface area (TPSA) is 57.6 Å². The van der Waals surface area contributed by atoms with E-state index < -0.39 is 5.97 Å². The fraction of sp³-hybridized carbons (Fsp3) is 0.867. The molecule has 4 heteroatoms. The van der Waals surface area contributed by atoms with Crippen LogP contribution >= 0.6 is 0 Å². The zero-order valence-corrected chi connectivity index (χ0v) is 12.0. The number of amides is 1. The van der Waals surface area contributed by atoms with E-state index in [9.17, 15) is 9.59 Å². The Bertz CT molecular complexity index is 346. The van der Waals surface area contributed by atoms with Gasteiger partial charge in [0.05, 0.1) is 5.92 Å². The molecule has 2 aliphatic rings. The number of carboxylic acid groups (broad SMARTS) is 1. The van der Waals surface area contributed by atoms with Gasteiger partial charge in [0.2, 0.25) is 5.91 Å². The Morgan fingerprint density at radius 2 is 1.47 bits per heavy atom. The quantitative estimate of drug-likeness (QED) is 0.836. The highest BCUT2D eigenvalue weighted by Crippen LogP contribution is 2.34. The standard InChI is InChI=1S/C15H25NO3/c1-15(2)7-9-16(10-8-15)13(17)11-3-5-12(6-4-11)14(18)19/h11-12H,3-10H2,1-2H3,(H,18,19). The van der Waals surface area contributed by atoms with E-state index in [0.717, 1.165) is 38.8 Å². The molecular weight excluding hydrogens is 242 g/mol. The normalized spacial score (nSPS) is 30.9. The fourth-order valence-electron chi connectivity index (χ4n) is 3.18. The Morgan fingerprint density at radius 3 is 1.95 bits per heavy atom. The molecule has 0 spiro atoms. The Kier molecular flexibility index (Phi) is 4.16. The third kappa shape index (κ3) is 3.48. The van der Waals surface area contributed by atoms with Crippen LogP contribution in [0.2, 0.25) is 0 Å². The molecule has 0 unspecified atom stereocenters. The maximum Gasteiger partial charge on any atom is 0.306 e. The number of hydrogen-bond acceptors (Lipinski definition) is 2. The number of piperidine rings is 1. The van der Waals surface area contributed by atoms with Crippen LogP contribution in [0.4, 0.5) is 0 Å². The van der Waals surface area contributed by atoms with Crippen LogP contribution in [-0.2, 0) is 9.59 Å². The molecule has 1 N–H and O–H groups in total. The van der Waals surface area contributed by atoms with Crippen molar-refractivity contribution in [2.45, 2.75) is 52.4 Å². The van der Waals surface area contributed by atoms with Gasteiger partial charge in [0.1, 0.15) is 0 Å². The number of nitrogens with zero attached hydrogens (tertiary/aromatic N) is 1. The highest BCUT2D eigenvalue weighted by Gasteiger charge is 2.34. The van der Waals surface area contributed by atoms with Gasteiger partial charge in [0.15, 0.2) is 0 Å². The minimum atomic E-state index is -0.703. The van der Waals surface area contributed by atoms with E-state index in [4.69, 9.17) is 5.11 Å². The van der Waals surface area contributed by atoms with Crippen molar-refractivity contribution in [2.24, 2.45) is 17.3 Å². The van der Waals surface area contributed by atoms with Gasteiger partial charge in [-0.3, -0.25) is 9.59 Å². The van der Waals surface area contributed by atoms with Crippen molar-refractivity contribution in [1.82, 2.24) is 4.90 Å². The SMILES string of the molecule is CC1(C)CCN(C(=O)C2CCC(C(=O)O)CC2)CC1. The maximum absolute atomic E-state index is 12.4. The van der Waals surface area contributed by atoms with E-state index in [0.29, 0.717) is 18.3 Å². The summed E-state index contributed by atoms with van der Waals surface area (Å²) < 4.78 is 0. The third-order valence-electron chi connectivity index (χ3n) is 4.85. The minimum Gasteiger partial charge on any atom is -0.481 e. The lowest BCUT2D eigenvalue weighted by Gasteiger charge is -2.39. The van der Waals surface area contributed by atoms with E-state index >= 15 is 0 Å². The van der Waals surface area contributed by atoms with Crippen molar-refractivity contribution >= 4 is 11.9 Å². The molecule has 2 fully saturated rings. The summed E-state index contributed by atoms with van der Waals surface area (Å²) in [5.74, 6) is -0.605. The van der Waals surface area contributed by atoms with Crippen LogP contribution in [0.25, 0.3) is 0 Å². The molecule has 1 aliphatic carbocycles. The second-order valence-corrected chi connectivity index (χ2v) is 6.88. The molecule has 1 heterocycles. The van der Waals surface area contributed by atoms with Gasteiger partial charge < -0.3 is 10.0 Å². The van der Waals surface area contributed by atoms with Gasteiger partial charge in [-0.2, -0.15) is 0 Å². The highest BCUT2D eigenvalue weighted by atomic mass is 16.4. The van der Waals surface area contributed by atoms with Crippen LogP contribution in [-0.4, -0.2) is 35.0 Å². The first-order valence-corrected chi connectivity index (χ1v) is 7.41. The molecule has 0 aromatic rings. The average molecular weight is 267 g/mol. The van der Waals surface area contributed by atoms with E-state index in [-0.39, 0.29) is 17.7 Å². The summed E-state index contributed by atoms with van der Waals surface area (Å²) in [6, 6.07) is 0. The van der Waals surface area contributed by atoms with Gasteiger partial charge in [-0.05, 0) is 43.9 Å². The summed E-state index contributed by atoms with van der Waals surface area (Å²) in [6.45, 7) is 6.25. The second-order valence-electron chi connectivity index (χ2n) is 6.88. The molecule has 0 aromatic carbocycles. The summed E-state index contributed by atoms with van der Waals surface area (Å²) in [4.78, 5) is 25.3. The van der Waals surface area contributed by atoms with Crippen molar-refractivity contribution < 1.29 is 14.7 Å². The largest absolute Gasteiger partial charge is 0.481 e. The van der Waals surface area contributed by atoms with Gasteiger partial charge in [0, 0.05) is 19.0 Å². The Labute approximate surface area is 115 Å². The van der Waals surface area contributed by atoms with Crippen LogP contribution in [0, 0.1) is 17.3 Å². The van der Waals surface area contributed by atoms with Crippen molar-refractivity contribution in [1.29, 1.82) is 0 Å². The average Bonchev–Trinajstić information content (AvgIpc) is 2.38.